The fourth-order valence-electron chi connectivity index (χ4n) is 0.997. The average molecular weight is 287 g/mol. The minimum absolute atomic E-state index is 0.0362. The van der Waals surface area contributed by atoms with E-state index < -0.39 is 11.3 Å². The topological polar surface area (TPSA) is 98.0 Å². The molecule has 0 spiro atoms. The van der Waals surface area contributed by atoms with Crippen molar-refractivity contribution < 1.29 is 13.2 Å². The highest BCUT2D eigenvalue weighted by atomic mass is 32.2. The van der Waals surface area contributed by atoms with E-state index >= 15 is 0 Å². The maximum Gasteiger partial charge on any atom is 0.446 e. The first kappa shape index (κ1) is 14.8. The largest absolute Gasteiger partial charge is 0.446 e. The lowest BCUT2D eigenvalue weighted by atomic mass is 10.3. The third-order valence-corrected chi connectivity index (χ3v) is 2.49. The first-order valence-corrected chi connectivity index (χ1v) is 5.57. The molecule has 19 heavy (non-hydrogen) atoms. The van der Waals surface area contributed by atoms with Crippen molar-refractivity contribution in [2.24, 2.45) is 10.8 Å². The molecule has 0 saturated heterocycles. The summed E-state index contributed by atoms with van der Waals surface area (Å²) in [5.74, 6) is -0.501. The maximum atomic E-state index is 12.1. The summed E-state index contributed by atoms with van der Waals surface area (Å²) in [5, 5.41) is 19.1. The van der Waals surface area contributed by atoms with Crippen LogP contribution >= 0.6 is 11.8 Å². The number of hydrogen-bond acceptors (Lipinski definition) is 5. The molecular formula is C10H8F3N5S. The van der Waals surface area contributed by atoms with Crippen LogP contribution in [0.4, 0.5) is 18.9 Å². The van der Waals surface area contributed by atoms with E-state index in [2.05, 4.69) is 10.5 Å². The predicted octanol–water partition coefficient (Wildman–Crippen LogP) is 2.53. The number of nitrogens with zero attached hydrogens (tertiary/aromatic N) is 2. The van der Waals surface area contributed by atoms with E-state index in [1.807, 2.05) is 0 Å². The number of amidine groups is 1. The molecule has 0 heterocycles. The van der Waals surface area contributed by atoms with Crippen LogP contribution < -0.4 is 11.2 Å². The van der Waals surface area contributed by atoms with Crippen LogP contribution in [0.3, 0.4) is 0 Å². The summed E-state index contributed by atoms with van der Waals surface area (Å²) < 4.78 is 36.2. The van der Waals surface area contributed by atoms with Crippen molar-refractivity contribution in [3.8, 4) is 6.07 Å². The number of nitriles is 1. The first-order valence-electron chi connectivity index (χ1n) is 4.76. The lowest BCUT2D eigenvalue weighted by molar-refractivity contribution is -0.0328. The van der Waals surface area contributed by atoms with Crippen LogP contribution in [0.2, 0.25) is 0 Å². The summed E-state index contributed by atoms with van der Waals surface area (Å²) in [4.78, 5) is 0.0362. The molecule has 4 N–H and O–H groups in total. The smallest absolute Gasteiger partial charge is 0.382 e. The van der Waals surface area contributed by atoms with Crippen molar-refractivity contribution in [3.63, 3.8) is 0 Å². The Morgan fingerprint density at radius 2 is 1.95 bits per heavy atom. The van der Waals surface area contributed by atoms with Gasteiger partial charge in [0.2, 0.25) is 5.71 Å². The third-order valence-electron chi connectivity index (χ3n) is 1.75. The second-order valence-electron chi connectivity index (χ2n) is 3.17. The Bertz CT molecular complexity index is 530. The van der Waals surface area contributed by atoms with Crippen LogP contribution in [-0.2, 0) is 0 Å². The van der Waals surface area contributed by atoms with Crippen molar-refractivity contribution in [2.45, 2.75) is 10.4 Å². The van der Waals surface area contributed by atoms with Crippen LogP contribution in [-0.4, -0.2) is 17.1 Å². The summed E-state index contributed by atoms with van der Waals surface area (Å²) in [6.07, 6.45) is 0. The van der Waals surface area contributed by atoms with Crippen molar-refractivity contribution in [1.82, 2.24) is 0 Å². The van der Waals surface area contributed by atoms with Gasteiger partial charge in [0.25, 0.3) is 0 Å². The summed E-state index contributed by atoms with van der Waals surface area (Å²) in [6, 6.07) is 6.85. The number of nitrogens with one attached hydrogen (secondary N) is 2. The quantitative estimate of drug-likeness (QED) is 0.343. The molecular weight excluding hydrogens is 279 g/mol. The van der Waals surface area contributed by atoms with Gasteiger partial charge in [0, 0.05) is 4.90 Å². The van der Waals surface area contributed by atoms with Crippen LogP contribution in [0.5, 0.6) is 0 Å². The van der Waals surface area contributed by atoms with E-state index in [4.69, 9.17) is 16.4 Å². The Balaban J connectivity index is 2.73. The second-order valence-corrected chi connectivity index (χ2v) is 4.31. The van der Waals surface area contributed by atoms with E-state index in [0.29, 0.717) is 5.69 Å². The molecule has 0 aliphatic rings. The molecule has 0 unspecified atom stereocenters. The van der Waals surface area contributed by atoms with Crippen molar-refractivity contribution in [1.29, 1.82) is 10.7 Å². The SMILES string of the molecule is N#C/C(=N\Nc1ccc(SC(F)(F)F)cc1)C(=N)N. The predicted molar refractivity (Wildman–Crippen MR) is 66.9 cm³/mol. The number of halogens is 3. The number of benzene rings is 1. The minimum Gasteiger partial charge on any atom is -0.382 e. The summed E-state index contributed by atoms with van der Waals surface area (Å²) in [6.45, 7) is 0. The Morgan fingerprint density at radius 1 is 1.37 bits per heavy atom. The highest BCUT2D eigenvalue weighted by Gasteiger charge is 2.28. The molecule has 0 saturated carbocycles. The van der Waals surface area contributed by atoms with Crippen molar-refractivity contribution in [3.05, 3.63) is 24.3 Å². The van der Waals surface area contributed by atoms with Gasteiger partial charge in [0.05, 0.1) is 5.69 Å². The lowest BCUT2D eigenvalue weighted by Gasteiger charge is -2.06. The zero-order valence-corrected chi connectivity index (χ0v) is 10.1. The van der Waals surface area contributed by atoms with Gasteiger partial charge in [-0.3, -0.25) is 10.8 Å². The zero-order chi connectivity index (χ0) is 14.5. The molecule has 0 radical (unpaired) electrons. The van der Waals surface area contributed by atoms with Gasteiger partial charge in [-0.1, -0.05) is 0 Å². The van der Waals surface area contributed by atoms with E-state index in [9.17, 15) is 13.2 Å². The van der Waals surface area contributed by atoms with Gasteiger partial charge in [-0.25, -0.2) is 0 Å². The van der Waals surface area contributed by atoms with Gasteiger partial charge >= 0.3 is 5.51 Å². The number of hydrogen-bond donors (Lipinski definition) is 3. The van der Waals surface area contributed by atoms with Crippen molar-refractivity contribution >= 4 is 29.0 Å². The molecule has 100 valence electrons. The lowest BCUT2D eigenvalue weighted by Crippen LogP contribution is -2.21. The van der Waals surface area contributed by atoms with E-state index in [-0.39, 0.29) is 22.4 Å². The van der Waals surface area contributed by atoms with E-state index in [0.717, 1.165) is 0 Å². The number of nitrogens with two attached hydrogens (primary N) is 1. The second kappa shape index (κ2) is 6.10. The minimum atomic E-state index is -4.34. The molecule has 0 atom stereocenters. The molecule has 0 aliphatic heterocycles. The highest BCUT2D eigenvalue weighted by molar-refractivity contribution is 8.00. The summed E-state index contributed by atoms with van der Waals surface area (Å²) in [7, 11) is 0. The fraction of sp³-hybridized carbons (Fsp3) is 0.100. The molecule has 1 rings (SSSR count). The van der Waals surface area contributed by atoms with E-state index in [1.54, 1.807) is 6.07 Å². The molecule has 9 heteroatoms. The maximum absolute atomic E-state index is 12.1. The molecule has 0 bridgehead atoms. The van der Waals surface area contributed by atoms with Crippen LogP contribution in [0.25, 0.3) is 0 Å². The number of alkyl halides is 3. The van der Waals surface area contributed by atoms with Crippen LogP contribution in [0.1, 0.15) is 0 Å². The highest BCUT2D eigenvalue weighted by Crippen LogP contribution is 2.36. The molecule has 1 aromatic carbocycles. The molecule has 0 aliphatic carbocycles. The summed E-state index contributed by atoms with van der Waals surface area (Å²) >= 11 is -0.227. The Labute approximate surface area is 110 Å². The first-order chi connectivity index (χ1) is 8.81. The van der Waals surface area contributed by atoms with Crippen LogP contribution in [0, 0.1) is 16.7 Å². The Morgan fingerprint density at radius 3 is 2.37 bits per heavy atom. The zero-order valence-electron chi connectivity index (χ0n) is 9.32. The van der Waals surface area contributed by atoms with Gasteiger partial charge < -0.3 is 5.73 Å². The fourth-order valence-corrected chi connectivity index (χ4v) is 1.54. The van der Waals surface area contributed by atoms with Gasteiger partial charge in [0.15, 0.2) is 5.84 Å². The third kappa shape index (κ3) is 5.31. The molecule has 5 nitrogen and oxygen atoms in total. The van der Waals surface area contributed by atoms with Crippen molar-refractivity contribution in [2.75, 3.05) is 5.43 Å². The normalized spacial score (nSPS) is 11.8. The van der Waals surface area contributed by atoms with E-state index in [1.165, 1.54) is 24.3 Å². The van der Waals surface area contributed by atoms with Crippen LogP contribution in [0.15, 0.2) is 34.3 Å². The number of hydrazone groups is 1. The Hall–Kier alpha value is -2.21. The van der Waals surface area contributed by atoms with Gasteiger partial charge in [-0.2, -0.15) is 23.5 Å². The molecule has 0 aromatic heterocycles. The Kier molecular flexibility index (Phi) is 4.77. The molecule has 0 amide bonds. The van der Waals surface area contributed by atoms with Gasteiger partial charge in [0.1, 0.15) is 6.07 Å². The molecule has 1 aromatic rings. The van der Waals surface area contributed by atoms with Gasteiger partial charge in [-0.05, 0) is 36.0 Å². The average Bonchev–Trinajstić information content (AvgIpc) is 2.29. The monoisotopic (exact) mass is 287 g/mol. The number of rotatable bonds is 4. The molecule has 0 fully saturated rings. The standard InChI is InChI=1S/C10H8F3N5S/c11-10(12,13)19-7-3-1-6(2-4-7)17-18-8(5-14)9(15)16/h1-4,17H,(H3,15,16)/b18-8+. The van der Waals surface area contributed by atoms with Gasteiger partial charge in [-0.15, -0.1) is 0 Å². The number of anilines is 1. The number of thioether (sulfide) groups is 1. The summed E-state index contributed by atoms with van der Waals surface area (Å²) in [5.41, 5.74) is 3.21.